The molecule has 1 amide bonds. The number of hydrogen-bond donors (Lipinski definition) is 1. The SMILES string of the molecule is CCC(C)(C)c1cccc(OCC(=O)NC)c1. The lowest BCUT2D eigenvalue weighted by Crippen LogP contribution is -2.25. The van der Waals surface area contributed by atoms with Gasteiger partial charge >= 0.3 is 0 Å². The van der Waals surface area contributed by atoms with E-state index in [0.29, 0.717) is 0 Å². The van der Waals surface area contributed by atoms with Crippen LogP contribution in [0.3, 0.4) is 0 Å². The van der Waals surface area contributed by atoms with Gasteiger partial charge in [-0.05, 0) is 29.5 Å². The van der Waals surface area contributed by atoms with E-state index >= 15 is 0 Å². The molecule has 0 fully saturated rings. The maximum absolute atomic E-state index is 11.1. The molecule has 3 nitrogen and oxygen atoms in total. The van der Waals surface area contributed by atoms with Gasteiger partial charge in [0.15, 0.2) is 6.61 Å². The average Bonchev–Trinajstić information content (AvgIpc) is 2.36. The molecule has 0 saturated carbocycles. The molecule has 0 bridgehead atoms. The summed E-state index contributed by atoms with van der Waals surface area (Å²) in [6.07, 6.45) is 1.06. The topological polar surface area (TPSA) is 38.3 Å². The van der Waals surface area contributed by atoms with Crippen LogP contribution in [0.2, 0.25) is 0 Å². The fourth-order valence-electron chi connectivity index (χ4n) is 1.43. The zero-order valence-corrected chi connectivity index (χ0v) is 11.0. The van der Waals surface area contributed by atoms with Gasteiger partial charge in [0.2, 0.25) is 0 Å². The molecule has 0 radical (unpaired) electrons. The van der Waals surface area contributed by atoms with Gasteiger partial charge in [-0.25, -0.2) is 0 Å². The molecule has 0 heterocycles. The monoisotopic (exact) mass is 235 g/mol. The van der Waals surface area contributed by atoms with Crippen molar-refractivity contribution in [2.24, 2.45) is 0 Å². The van der Waals surface area contributed by atoms with E-state index in [-0.39, 0.29) is 17.9 Å². The summed E-state index contributed by atoms with van der Waals surface area (Å²) in [5.41, 5.74) is 1.36. The zero-order valence-electron chi connectivity index (χ0n) is 11.0. The predicted octanol–water partition coefficient (Wildman–Crippen LogP) is 2.50. The van der Waals surface area contributed by atoms with E-state index < -0.39 is 0 Å². The Balaban J connectivity index is 2.76. The highest BCUT2D eigenvalue weighted by atomic mass is 16.5. The van der Waals surface area contributed by atoms with Crippen LogP contribution in [0, 0.1) is 0 Å². The fraction of sp³-hybridized carbons (Fsp3) is 0.500. The Labute approximate surface area is 103 Å². The Bertz CT molecular complexity index is 386. The van der Waals surface area contributed by atoms with Crippen molar-refractivity contribution in [3.63, 3.8) is 0 Å². The third-order valence-electron chi connectivity index (χ3n) is 3.15. The molecule has 94 valence electrons. The van der Waals surface area contributed by atoms with E-state index in [4.69, 9.17) is 4.74 Å². The van der Waals surface area contributed by atoms with Gasteiger partial charge in [0.05, 0.1) is 0 Å². The van der Waals surface area contributed by atoms with E-state index in [0.717, 1.165) is 12.2 Å². The molecule has 0 aromatic heterocycles. The first-order valence-corrected chi connectivity index (χ1v) is 5.93. The van der Waals surface area contributed by atoms with Gasteiger partial charge in [-0.1, -0.05) is 32.9 Å². The van der Waals surface area contributed by atoms with Crippen LogP contribution in [0.15, 0.2) is 24.3 Å². The summed E-state index contributed by atoms with van der Waals surface area (Å²) in [5.74, 6) is 0.623. The summed E-state index contributed by atoms with van der Waals surface area (Å²) in [6, 6.07) is 7.94. The summed E-state index contributed by atoms with van der Waals surface area (Å²) >= 11 is 0. The number of likely N-dealkylation sites (N-methyl/N-ethyl adjacent to an activating group) is 1. The van der Waals surface area contributed by atoms with Crippen molar-refractivity contribution in [3.05, 3.63) is 29.8 Å². The van der Waals surface area contributed by atoms with Gasteiger partial charge in [-0.2, -0.15) is 0 Å². The summed E-state index contributed by atoms with van der Waals surface area (Å²) in [4.78, 5) is 11.1. The van der Waals surface area contributed by atoms with Crippen LogP contribution in [-0.2, 0) is 10.2 Å². The van der Waals surface area contributed by atoms with Crippen LogP contribution in [0.5, 0.6) is 5.75 Å². The summed E-state index contributed by atoms with van der Waals surface area (Å²) in [6.45, 7) is 6.63. The van der Waals surface area contributed by atoms with E-state index in [2.05, 4.69) is 32.2 Å². The van der Waals surface area contributed by atoms with Gasteiger partial charge in [-0.15, -0.1) is 0 Å². The van der Waals surface area contributed by atoms with Crippen LogP contribution in [0.4, 0.5) is 0 Å². The Morgan fingerprint density at radius 2 is 2.12 bits per heavy atom. The number of carbonyl (C=O) groups excluding carboxylic acids is 1. The molecule has 0 aliphatic heterocycles. The first-order valence-electron chi connectivity index (χ1n) is 5.93. The van der Waals surface area contributed by atoms with Gasteiger partial charge in [0.25, 0.3) is 5.91 Å². The molecule has 0 saturated heterocycles. The minimum absolute atomic E-state index is 0.0620. The molecule has 0 spiro atoms. The van der Waals surface area contributed by atoms with Crippen LogP contribution < -0.4 is 10.1 Å². The second kappa shape index (κ2) is 5.71. The molecule has 0 atom stereocenters. The third kappa shape index (κ3) is 3.77. The molecule has 0 aliphatic rings. The number of hydrogen-bond acceptors (Lipinski definition) is 2. The maximum Gasteiger partial charge on any atom is 0.257 e. The van der Waals surface area contributed by atoms with E-state index in [1.807, 2.05) is 18.2 Å². The maximum atomic E-state index is 11.1. The highest BCUT2D eigenvalue weighted by Gasteiger charge is 2.18. The van der Waals surface area contributed by atoms with Gasteiger partial charge in [0.1, 0.15) is 5.75 Å². The summed E-state index contributed by atoms with van der Waals surface area (Å²) < 4.78 is 5.43. The van der Waals surface area contributed by atoms with Crippen molar-refractivity contribution in [2.75, 3.05) is 13.7 Å². The van der Waals surface area contributed by atoms with Gasteiger partial charge in [0, 0.05) is 7.05 Å². The largest absolute Gasteiger partial charge is 0.484 e. The van der Waals surface area contributed by atoms with E-state index in [1.165, 1.54) is 5.56 Å². The first-order chi connectivity index (χ1) is 7.99. The minimum atomic E-state index is -0.120. The normalized spacial score (nSPS) is 11.1. The van der Waals surface area contributed by atoms with Crippen molar-refractivity contribution >= 4 is 5.91 Å². The highest BCUT2D eigenvalue weighted by molar-refractivity contribution is 5.77. The number of rotatable bonds is 5. The molecule has 1 rings (SSSR count). The lowest BCUT2D eigenvalue weighted by atomic mass is 9.82. The van der Waals surface area contributed by atoms with Crippen LogP contribution in [-0.4, -0.2) is 19.6 Å². The number of amides is 1. The van der Waals surface area contributed by atoms with Crippen molar-refractivity contribution in [1.82, 2.24) is 5.32 Å². The highest BCUT2D eigenvalue weighted by Crippen LogP contribution is 2.29. The summed E-state index contributed by atoms with van der Waals surface area (Å²) in [5, 5.41) is 2.53. The van der Waals surface area contributed by atoms with E-state index in [9.17, 15) is 4.79 Å². The number of nitrogens with one attached hydrogen (secondary N) is 1. The lowest BCUT2D eigenvalue weighted by molar-refractivity contribution is -0.122. The molecular formula is C14H21NO2. The number of benzene rings is 1. The minimum Gasteiger partial charge on any atom is -0.484 e. The quantitative estimate of drug-likeness (QED) is 0.851. The van der Waals surface area contributed by atoms with Crippen molar-refractivity contribution < 1.29 is 9.53 Å². The van der Waals surface area contributed by atoms with Crippen LogP contribution >= 0.6 is 0 Å². The molecule has 3 heteroatoms. The van der Waals surface area contributed by atoms with Crippen molar-refractivity contribution in [2.45, 2.75) is 32.6 Å². The standard InChI is InChI=1S/C14H21NO2/c1-5-14(2,3)11-7-6-8-12(9-11)17-10-13(16)15-4/h6-9H,5,10H2,1-4H3,(H,15,16). The fourth-order valence-corrected chi connectivity index (χ4v) is 1.43. The third-order valence-corrected chi connectivity index (χ3v) is 3.15. The van der Waals surface area contributed by atoms with E-state index in [1.54, 1.807) is 7.05 Å². The Kier molecular flexibility index (Phi) is 4.55. The van der Waals surface area contributed by atoms with Crippen LogP contribution in [0.1, 0.15) is 32.8 Å². The smallest absolute Gasteiger partial charge is 0.257 e. The lowest BCUT2D eigenvalue weighted by Gasteiger charge is -2.23. The predicted molar refractivity (Wildman–Crippen MR) is 69.3 cm³/mol. The Morgan fingerprint density at radius 1 is 1.41 bits per heavy atom. The Hall–Kier alpha value is -1.51. The number of ether oxygens (including phenoxy) is 1. The molecule has 1 aromatic carbocycles. The molecule has 0 unspecified atom stereocenters. The zero-order chi connectivity index (χ0) is 12.9. The van der Waals surface area contributed by atoms with Crippen molar-refractivity contribution in [1.29, 1.82) is 0 Å². The first kappa shape index (κ1) is 13.6. The molecule has 1 N–H and O–H groups in total. The van der Waals surface area contributed by atoms with Crippen molar-refractivity contribution in [3.8, 4) is 5.75 Å². The number of carbonyl (C=O) groups is 1. The molecule has 0 aliphatic carbocycles. The Morgan fingerprint density at radius 3 is 2.71 bits per heavy atom. The van der Waals surface area contributed by atoms with Crippen LogP contribution in [0.25, 0.3) is 0 Å². The second-order valence-corrected chi connectivity index (χ2v) is 4.73. The second-order valence-electron chi connectivity index (χ2n) is 4.73. The average molecular weight is 235 g/mol. The molecule has 17 heavy (non-hydrogen) atoms. The molecule has 1 aromatic rings. The molecular weight excluding hydrogens is 214 g/mol. The summed E-state index contributed by atoms with van der Waals surface area (Å²) in [7, 11) is 1.60. The van der Waals surface area contributed by atoms with Gasteiger partial charge < -0.3 is 10.1 Å². The van der Waals surface area contributed by atoms with Gasteiger partial charge in [-0.3, -0.25) is 4.79 Å².